The predicted octanol–water partition coefficient (Wildman–Crippen LogP) is 4.22. The summed E-state index contributed by atoms with van der Waals surface area (Å²) in [4.78, 5) is 1.99. The molecule has 3 nitrogen and oxygen atoms in total. The number of rotatable bonds is 4. The average Bonchev–Trinajstić information content (AvgIpc) is 2.41. The number of benzene rings is 2. The normalized spacial score (nSPS) is 10.4. The van der Waals surface area contributed by atoms with Gasteiger partial charge in [0.25, 0.3) is 0 Å². The fraction of sp³-hybridized carbons (Fsp3) is 0.200. The van der Waals surface area contributed by atoms with Crippen molar-refractivity contribution in [3.8, 4) is 5.75 Å². The van der Waals surface area contributed by atoms with Gasteiger partial charge >= 0.3 is 0 Å². The second-order valence-electron chi connectivity index (χ2n) is 4.65. The Morgan fingerprint density at radius 2 is 1.80 bits per heavy atom. The highest BCUT2D eigenvalue weighted by Gasteiger charge is 2.05. The number of nitrogen functional groups attached to an aromatic ring is 1. The SMILES string of the molecule is CN(C)c1ccc(N)c(OCc2ccc(Cl)c(Cl)c2)c1. The van der Waals surface area contributed by atoms with Gasteiger partial charge in [-0.15, -0.1) is 0 Å². The van der Waals surface area contributed by atoms with Gasteiger partial charge in [0.2, 0.25) is 0 Å². The lowest BCUT2D eigenvalue weighted by atomic mass is 10.2. The van der Waals surface area contributed by atoms with Crippen LogP contribution < -0.4 is 15.4 Å². The molecule has 2 aromatic carbocycles. The smallest absolute Gasteiger partial charge is 0.144 e. The van der Waals surface area contributed by atoms with Crippen LogP contribution in [0.5, 0.6) is 5.75 Å². The molecule has 0 unspecified atom stereocenters. The van der Waals surface area contributed by atoms with Crippen LogP contribution in [0.1, 0.15) is 5.56 Å². The number of hydrogen-bond acceptors (Lipinski definition) is 3. The molecule has 0 spiro atoms. The quantitative estimate of drug-likeness (QED) is 0.859. The molecule has 0 bridgehead atoms. The average molecular weight is 311 g/mol. The zero-order valence-corrected chi connectivity index (χ0v) is 12.9. The van der Waals surface area contributed by atoms with Gasteiger partial charge in [0.05, 0.1) is 15.7 Å². The topological polar surface area (TPSA) is 38.5 Å². The van der Waals surface area contributed by atoms with Crippen LogP contribution in [-0.2, 0) is 6.61 Å². The maximum Gasteiger partial charge on any atom is 0.144 e. The molecule has 2 N–H and O–H groups in total. The highest BCUT2D eigenvalue weighted by atomic mass is 35.5. The Hall–Kier alpha value is -1.58. The van der Waals surface area contributed by atoms with Crippen molar-refractivity contribution in [3.63, 3.8) is 0 Å². The van der Waals surface area contributed by atoms with Crippen LogP contribution in [0, 0.1) is 0 Å². The van der Waals surface area contributed by atoms with Crippen molar-refractivity contribution >= 4 is 34.6 Å². The molecule has 106 valence electrons. The van der Waals surface area contributed by atoms with Crippen molar-refractivity contribution in [2.75, 3.05) is 24.7 Å². The van der Waals surface area contributed by atoms with Crippen LogP contribution in [0.25, 0.3) is 0 Å². The number of hydrogen-bond donors (Lipinski definition) is 1. The molecule has 0 saturated carbocycles. The first kappa shape index (κ1) is 14.8. The molecular formula is C15H16Cl2N2O. The third-order valence-corrected chi connectivity index (χ3v) is 3.63. The van der Waals surface area contributed by atoms with Crippen molar-refractivity contribution < 1.29 is 4.74 Å². The number of nitrogens with zero attached hydrogens (tertiary/aromatic N) is 1. The molecule has 0 amide bonds. The number of halogens is 2. The largest absolute Gasteiger partial charge is 0.487 e. The van der Waals surface area contributed by atoms with Gasteiger partial charge in [0.15, 0.2) is 0 Å². The lowest BCUT2D eigenvalue weighted by Crippen LogP contribution is -2.09. The maximum atomic E-state index is 5.97. The van der Waals surface area contributed by atoms with Crippen LogP contribution in [0.15, 0.2) is 36.4 Å². The predicted molar refractivity (Wildman–Crippen MR) is 86.0 cm³/mol. The van der Waals surface area contributed by atoms with Gasteiger partial charge in [-0.1, -0.05) is 29.3 Å². The van der Waals surface area contributed by atoms with E-state index in [4.69, 9.17) is 33.7 Å². The van der Waals surface area contributed by atoms with Crippen LogP contribution >= 0.6 is 23.2 Å². The summed E-state index contributed by atoms with van der Waals surface area (Å²) in [7, 11) is 3.93. The molecule has 0 aliphatic heterocycles. The Balaban J connectivity index is 2.13. The number of ether oxygens (including phenoxy) is 1. The van der Waals surface area contributed by atoms with E-state index in [9.17, 15) is 0 Å². The fourth-order valence-corrected chi connectivity index (χ4v) is 2.04. The summed E-state index contributed by atoms with van der Waals surface area (Å²) >= 11 is 11.9. The molecule has 0 fully saturated rings. The molecule has 0 aliphatic carbocycles. The van der Waals surface area contributed by atoms with Crippen molar-refractivity contribution in [2.24, 2.45) is 0 Å². The monoisotopic (exact) mass is 310 g/mol. The van der Waals surface area contributed by atoms with E-state index >= 15 is 0 Å². The summed E-state index contributed by atoms with van der Waals surface area (Å²) in [6.07, 6.45) is 0. The van der Waals surface area contributed by atoms with E-state index in [1.165, 1.54) is 0 Å². The van der Waals surface area contributed by atoms with Gasteiger partial charge in [-0.05, 0) is 29.8 Å². The standard InChI is InChI=1S/C15H16Cl2N2O/c1-19(2)11-4-6-14(18)15(8-11)20-9-10-3-5-12(16)13(17)7-10/h3-8H,9,18H2,1-2H3. The Morgan fingerprint density at radius 3 is 2.45 bits per heavy atom. The Kier molecular flexibility index (Phi) is 4.63. The van der Waals surface area contributed by atoms with E-state index in [0.717, 1.165) is 11.3 Å². The summed E-state index contributed by atoms with van der Waals surface area (Å²) in [5, 5.41) is 1.05. The van der Waals surface area contributed by atoms with Gasteiger partial charge in [-0.25, -0.2) is 0 Å². The molecule has 2 aromatic rings. The highest BCUT2D eigenvalue weighted by molar-refractivity contribution is 6.42. The van der Waals surface area contributed by atoms with Crippen LogP contribution in [0.3, 0.4) is 0 Å². The van der Waals surface area contributed by atoms with Crippen molar-refractivity contribution in [1.29, 1.82) is 0 Å². The van der Waals surface area contributed by atoms with Gasteiger partial charge < -0.3 is 15.4 Å². The molecule has 0 saturated heterocycles. The van der Waals surface area contributed by atoms with E-state index in [0.29, 0.717) is 28.1 Å². The van der Waals surface area contributed by atoms with Crippen molar-refractivity contribution in [3.05, 3.63) is 52.0 Å². The molecule has 2 rings (SSSR count). The molecule has 0 aliphatic rings. The molecule has 20 heavy (non-hydrogen) atoms. The molecule has 0 heterocycles. The van der Waals surface area contributed by atoms with E-state index in [1.54, 1.807) is 12.1 Å². The lowest BCUT2D eigenvalue weighted by molar-refractivity contribution is 0.308. The Morgan fingerprint density at radius 1 is 1.05 bits per heavy atom. The minimum atomic E-state index is 0.387. The Bertz CT molecular complexity index is 615. The zero-order chi connectivity index (χ0) is 14.7. The number of anilines is 2. The summed E-state index contributed by atoms with van der Waals surface area (Å²) in [5.41, 5.74) is 8.49. The molecule has 0 aromatic heterocycles. The highest BCUT2D eigenvalue weighted by Crippen LogP contribution is 2.28. The first-order valence-electron chi connectivity index (χ1n) is 6.11. The maximum absolute atomic E-state index is 5.97. The van der Waals surface area contributed by atoms with Crippen LogP contribution in [0.2, 0.25) is 10.0 Å². The minimum absolute atomic E-state index is 0.387. The van der Waals surface area contributed by atoms with Crippen LogP contribution in [0.4, 0.5) is 11.4 Å². The first-order chi connectivity index (χ1) is 9.47. The summed E-state index contributed by atoms with van der Waals surface area (Å²) in [6, 6.07) is 11.1. The third-order valence-electron chi connectivity index (χ3n) is 2.89. The second-order valence-corrected chi connectivity index (χ2v) is 5.47. The van der Waals surface area contributed by atoms with Gasteiger partial charge in [0.1, 0.15) is 12.4 Å². The summed E-state index contributed by atoms with van der Waals surface area (Å²) < 4.78 is 5.76. The molecule has 5 heteroatoms. The molecule has 0 atom stereocenters. The van der Waals surface area contributed by atoms with E-state index in [-0.39, 0.29) is 0 Å². The van der Waals surface area contributed by atoms with E-state index in [2.05, 4.69) is 0 Å². The summed E-state index contributed by atoms with van der Waals surface area (Å²) in [5.74, 6) is 0.655. The number of nitrogens with two attached hydrogens (primary N) is 1. The van der Waals surface area contributed by atoms with Gasteiger partial charge in [-0.3, -0.25) is 0 Å². The zero-order valence-electron chi connectivity index (χ0n) is 11.4. The van der Waals surface area contributed by atoms with E-state index < -0.39 is 0 Å². The Labute approximate surface area is 128 Å². The second kappa shape index (κ2) is 6.25. The first-order valence-corrected chi connectivity index (χ1v) is 6.86. The third kappa shape index (κ3) is 3.50. The molecule has 0 radical (unpaired) electrons. The van der Waals surface area contributed by atoms with Crippen molar-refractivity contribution in [1.82, 2.24) is 0 Å². The van der Waals surface area contributed by atoms with Gasteiger partial charge in [-0.2, -0.15) is 0 Å². The molecular weight excluding hydrogens is 295 g/mol. The summed E-state index contributed by atoms with van der Waals surface area (Å²) in [6.45, 7) is 0.387. The van der Waals surface area contributed by atoms with E-state index in [1.807, 2.05) is 43.3 Å². The van der Waals surface area contributed by atoms with Gasteiger partial charge in [0, 0.05) is 25.8 Å². The minimum Gasteiger partial charge on any atom is -0.487 e. The van der Waals surface area contributed by atoms with Crippen LogP contribution in [-0.4, -0.2) is 14.1 Å². The van der Waals surface area contributed by atoms with Crippen molar-refractivity contribution in [2.45, 2.75) is 6.61 Å². The lowest BCUT2D eigenvalue weighted by Gasteiger charge is -2.16. The fourth-order valence-electron chi connectivity index (χ4n) is 1.72.